The fraction of sp³-hybridized carbons (Fsp3) is 0.548. The van der Waals surface area contributed by atoms with Crippen molar-refractivity contribution in [2.45, 2.75) is 103 Å². The number of hydrogen-bond acceptors (Lipinski definition) is 5. The highest BCUT2D eigenvalue weighted by atomic mass is 16.3. The lowest BCUT2D eigenvalue weighted by molar-refractivity contribution is -0.132. The van der Waals surface area contributed by atoms with Crippen LogP contribution in [0, 0.1) is 0 Å². The van der Waals surface area contributed by atoms with E-state index in [1.807, 2.05) is 12.1 Å². The van der Waals surface area contributed by atoms with Gasteiger partial charge in [0.1, 0.15) is 11.5 Å². The first-order valence-electron chi connectivity index (χ1n) is 13.9. The lowest BCUT2D eigenvalue weighted by Crippen LogP contribution is -2.28. The molecule has 0 fully saturated rings. The zero-order valence-corrected chi connectivity index (χ0v) is 22.1. The van der Waals surface area contributed by atoms with Gasteiger partial charge in [-0.2, -0.15) is 0 Å². The minimum absolute atomic E-state index is 0.0929. The minimum atomic E-state index is -0.587. The molecule has 0 saturated heterocycles. The third kappa shape index (κ3) is 11.3. The Hall–Kier alpha value is -2.82. The molecule has 3 N–H and O–H groups in total. The molecule has 0 saturated carbocycles. The smallest absolute Gasteiger partial charge is 0.232 e. The summed E-state index contributed by atoms with van der Waals surface area (Å²) in [4.78, 5) is 24.5. The molecule has 0 amide bonds. The van der Waals surface area contributed by atoms with Crippen molar-refractivity contribution in [3.05, 3.63) is 65.1 Å². The van der Waals surface area contributed by atoms with Gasteiger partial charge in [-0.15, -0.1) is 0 Å². The quantitative estimate of drug-likeness (QED) is 0.0805. The monoisotopic (exact) mass is 495 g/mol. The summed E-state index contributed by atoms with van der Waals surface area (Å²) in [5, 5.41) is 23.1. The lowest BCUT2D eigenvalue weighted by atomic mass is 9.93. The first-order valence-corrected chi connectivity index (χ1v) is 13.9. The number of benzene rings is 1. The summed E-state index contributed by atoms with van der Waals surface area (Å²) in [6.45, 7) is 2.74. The van der Waals surface area contributed by atoms with Crippen LogP contribution in [0.2, 0.25) is 0 Å². The number of rotatable bonds is 19. The average molecular weight is 496 g/mol. The molecule has 1 aromatic rings. The van der Waals surface area contributed by atoms with E-state index in [4.69, 9.17) is 0 Å². The number of phenolic OH excluding ortho intramolecular Hbond substituents is 1. The topological polar surface area (TPSA) is 86.6 Å². The third-order valence-electron chi connectivity index (χ3n) is 6.67. The summed E-state index contributed by atoms with van der Waals surface area (Å²) in [5.74, 6) is -1.04. The number of phenols is 1. The third-order valence-corrected chi connectivity index (χ3v) is 6.67. The molecular formula is C31H45NO4. The standard InChI is InChI=1S/C31H45NO4/c1-2-3-4-5-6-7-8-9-10-11-12-13-14-15-16-17-27-30(35)28(24-29(34)31(27)36)32-23-22-25-18-20-26(33)21-19-25/h6-7,18-21,24,32-33,35H,2-5,8-17,22-23H2,1H3/b7-6-. The number of ketones is 2. The number of aliphatic hydroxyl groups excluding tert-OH is 1. The van der Waals surface area contributed by atoms with Crippen molar-refractivity contribution in [3.8, 4) is 5.75 Å². The summed E-state index contributed by atoms with van der Waals surface area (Å²) in [5.41, 5.74) is 1.58. The zero-order chi connectivity index (χ0) is 26.0. The normalized spacial score (nSPS) is 14.1. The molecule has 0 bridgehead atoms. The number of allylic oxidation sites excluding steroid dienone is 4. The van der Waals surface area contributed by atoms with Gasteiger partial charge in [0.15, 0.2) is 0 Å². The largest absolute Gasteiger partial charge is 0.508 e. The minimum Gasteiger partial charge on any atom is -0.508 e. The molecular weight excluding hydrogens is 450 g/mol. The Labute approximate surface area is 217 Å². The molecule has 36 heavy (non-hydrogen) atoms. The van der Waals surface area contributed by atoms with Crippen molar-refractivity contribution < 1.29 is 19.8 Å². The highest BCUT2D eigenvalue weighted by Gasteiger charge is 2.28. The van der Waals surface area contributed by atoms with Gasteiger partial charge in [-0.05, 0) is 62.6 Å². The summed E-state index contributed by atoms with van der Waals surface area (Å²) < 4.78 is 0. The summed E-state index contributed by atoms with van der Waals surface area (Å²) in [7, 11) is 0. The molecule has 5 nitrogen and oxygen atoms in total. The second kappa shape index (κ2) is 17.6. The number of carbonyl (C=O) groups is 2. The van der Waals surface area contributed by atoms with Crippen molar-refractivity contribution in [1.29, 1.82) is 0 Å². The number of aliphatic hydroxyl groups is 1. The Morgan fingerprint density at radius 3 is 1.97 bits per heavy atom. The maximum absolute atomic E-state index is 12.3. The summed E-state index contributed by atoms with van der Waals surface area (Å²) in [6.07, 6.45) is 22.4. The van der Waals surface area contributed by atoms with Crippen LogP contribution in [0.25, 0.3) is 0 Å². The van der Waals surface area contributed by atoms with Crippen LogP contribution in [0.15, 0.2) is 59.5 Å². The predicted octanol–water partition coefficient (Wildman–Crippen LogP) is 7.41. The van der Waals surface area contributed by atoms with Crippen molar-refractivity contribution in [2.24, 2.45) is 0 Å². The van der Waals surface area contributed by atoms with Crippen LogP contribution in [-0.2, 0) is 16.0 Å². The van der Waals surface area contributed by atoms with E-state index in [0.717, 1.165) is 24.8 Å². The Morgan fingerprint density at radius 2 is 1.33 bits per heavy atom. The Morgan fingerprint density at radius 1 is 0.750 bits per heavy atom. The number of carbonyl (C=O) groups excluding carboxylic acids is 2. The molecule has 198 valence electrons. The summed E-state index contributed by atoms with van der Waals surface area (Å²) >= 11 is 0. The van der Waals surface area contributed by atoms with E-state index in [1.165, 1.54) is 70.3 Å². The second-order valence-corrected chi connectivity index (χ2v) is 9.76. The van der Waals surface area contributed by atoms with E-state index < -0.39 is 11.6 Å². The molecule has 1 aromatic carbocycles. The van der Waals surface area contributed by atoms with Crippen molar-refractivity contribution in [2.75, 3.05) is 6.54 Å². The van der Waals surface area contributed by atoms with Crippen LogP contribution >= 0.6 is 0 Å². The van der Waals surface area contributed by atoms with Gasteiger partial charge < -0.3 is 15.5 Å². The van der Waals surface area contributed by atoms with E-state index in [2.05, 4.69) is 24.4 Å². The maximum atomic E-state index is 12.3. The van der Waals surface area contributed by atoms with Gasteiger partial charge in [0.05, 0.1) is 5.70 Å². The highest BCUT2D eigenvalue weighted by molar-refractivity contribution is 6.48. The number of nitrogens with one attached hydrogen (secondary N) is 1. The van der Waals surface area contributed by atoms with Crippen LogP contribution in [0.1, 0.15) is 102 Å². The second-order valence-electron chi connectivity index (χ2n) is 9.76. The van der Waals surface area contributed by atoms with E-state index in [0.29, 0.717) is 25.1 Å². The average Bonchev–Trinajstić information content (AvgIpc) is 2.87. The van der Waals surface area contributed by atoms with Crippen molar-refractivity contribution >= 4 is 11.6 Å². The van der Waals surface area contributed by atoms with E-state index in [-0.39, 0.29) is 17.1 Å². The Bertz CT molecular complexity index is 896. The number of unbranched alkanes of at least 4 members (excludes halogenated alkanes) is 11. The molecule has 5 heteroatoms. The van der Waals surface area contributed by atoms with Crippen LogP contribution in [0.4, 0.5) is 0 Å². The van der Waals surface area contributed by atoms with Gasteiger partial charge in [0.2, 0.25) is 11.6 Å². The van der Waals surface area contributed by atoms with E-state index in [9.17, 15) is 19.8 Å². The first kappa shape index (κ1) is 29.4. The van der Waals surface area contributed by atoms with Crippen molar-refractivity contribution in [1.82, 2.24) is 5.32 Å². The van der Waals surface area contributed by atoms with Crippen LogP contribution in [0.3, 0.4) is 0 Å². The Balaban J connectivity index is 1.59. The molecule has 1 aliphatic rings. The van der Waals surface area contributed by atoms with E-state index >= 15 is 0 Å². The fourth-order valence-electron chi connectivity index (χ4n) is 4.43. The van der Waals surface area contributed by atoms with Gasteiger partial charge in [-0.1, -0.05) is 82.6 Å². The van der Waals surface area contributed by atoms with Gasteiger partial charge in [0, 0.05) is 18.2 Å². The predicted molar refractivity (Wildman–Crippen MR) is 147 cm³/mol. The fourth-order valence-corrected chi connectivity index (χ4v) is 4.43. The van der Waals surface area contributed by atoms with Gasteiger partial charge in [0.25, 0.3) is 0 Å². The van der Waals surface area contributed by atoms with Gasteiger partial charge in [-0.25, -0.2) is 0 Å². The maximum Gasteiger partial charge on any atom is 0.232 e. The molecule has 0 radical (unpaired) electrons. The number of Topliss-reactive ketones (excluding diaryl/α,β-unsaturated/α-hetero) is 1. The van der Waals surface area contributed by atoms with Crippen molar-refractivity contribution in [3.63, 3.8) is 0 Å². The zero-order valence-electron chi connectivity index (χ0n) is 22.1. The summed E-state index contributed by atoms with van der Waals surface area (Å²) in [6, 6.07) is 6.91. The number of hydrogen-bond donors (Lipinski definition) is 3. The highest BCUT2D eigenvalue weighted by Crippen LogP contribution is 2.23. The van der Waals surface area contributed by atoms with Gasteiger partial charge >= 0.3 is 0 Å². The van der Waals surface area contributed by atoms with Crippen LogP contribution < -0.4 is 5.32 Å². The first-order chi connectivity index (χ1) is 17.5. The molecule has 0 aliphatic heterocycles. The molecule has 0 heterocycles. The molecule has 0 aromatic heterocycles. The molecule has 0 spiro atoms. The van der Waals surface area contributed by atoms with E-state index in [1.54, 1.807) is 12.1 Å². The van der Waals surface area contributed by atoms with Crippen LogP contribution in [-0.4, -0.2) is 28.3 Å². The lowest BCUT2D eigenvalue weighted by Gasteiger charge is -2.18. The molecule has 0 unspecified atom stereocenters. The molecule has 1 aliphatic carbocycles. The van der Waals surface area contributed by atoms with Gasteiger partial charge in [-0.3, -0.25) is 9.59 Å². The molecule has 2 rings (SSSR count). The Kier molecular flexibility index (Phi) is 14.4. The molecule has 0 atom stereocenters. The van der Waals surface area contributed by atoms with Crippen LogP contribution in [0.5, 0.6) is 5.75 Å². The SMILES string of the molecule is CCCCC/C=C\CCCCCCCCCCC1=C(O)C(NCCc2ccc(O)cc2)=CC(=O)C1=O. The number of aromatic hydroxyl groups is 1.